The summed E-state index contributed by atoms with van der Waals surface area (Å²) in [5, 5.41) is 11.9. The maximum absolute atomic E-state index is 12.7. The number of hydrogen-bond donors (Lipinski definition) is 1. The molecule has 0 radical (unpaired) electrons. The summed E-state index contributed by atoms with van der Waals surface area (Å²) in [6.45, 7) is 7.15. The number of nitrogens with zero attached hydrogens (tertiary/aromatic N) is 3. The molecule has 2 rings (SSSR count). The molecule has 0 amide bonds. The Morgan fingerprint density at radius 2 is 2.16 bits per heavy atom. The van der Waals surface area contributed by atoms with Gasteiger partial charge in [-0.25, -0.2) is 9.67 Å². The van der Waals surface area contributed by atoms with E-state index in [0.717, 1.165) is 5.57 Å². The van der Waals surface area contributed by atoms with Crippen LogP contribution < -0.4 is 5.56 Å². The van der Waals surface area contributed by atoms with Crippen LogP contribution in [0.25, 0.3) is 11.4 Å². The van der Waals surface area contributed by atoms with E-state index in [1.165, 1.54) is 17.0 Å². The molecule has 0 spiro atoms. The predicted octanol–water partition coefficient (Wildman–Crippen LogP) is 2.65. The summed E-state index contributed by atoms with van der Waals surface area (Å²) in [4.78, 5) is 17.5. The average Bonchev–Trinajstić information content (AvgIpc) is 2.90. The normalized spacial score (nSPS) is 13.4. The Morgan fingerprint density at radius 1 is 1.44 bits per heavy atom. The topological polar surface area (TPSA) is 91.5 Å². The van der Waals surface area contributed by atoms with Crippen molar-refractivity contribution in [2.45, 2.75) is 18.7 Å². The van der Waals surface area contributed by atoms with Crippen LogP contribution in [0.5, 0.6) is 0 Å². The predicted molar refractivity (Wildman–Crippen MR) is 98.8 cm³/mol. The van der Waals surface area contributed by atoms with E-state index in [4.69, 9.17) is 5.26 Å². The van der Waals surface area contributed by atoms with Gasteiger partial charge in [-0.1, -0.05) is 18.7 Å². The molecule has 2 aromatic rings. The van der Waals surface area contributed by atoms with E-state index in [2.05, 4.69) is 16.7 Å². The highest BCUT2D eigenvalue weighted by Gasteiger charge is 2.14. The summed E-state index contributed by atoms with van der Waals surface area (Å²) in [5.41, 5.74) is 2.10. The number of hydrogen-bond acceptors (Lipinski definition) is 4. The molecule has 0 saturated carbocycles. The first-order chi connectivity index (χ1) is 11.9. The van der Waals surface area contributed by atoms with Gasteiger partial charge in [-0.3, -0.25) is 14.1 Å². The number of H-pyrrole nitrogens is 1. The monoisotopic (exact) mass is 354 g/mol. The van der Waals surface area contributed by atoms with Gasteiger partial charge in [0, 0.05) is 18.1 Å². The van der Waals surface area contributed by atoms with Crippen molar-refractivity contribution in [3.63, 3.8) is 0 Å². The third-order valence-electron chi connectivity index (χ3n) is 3.61. The summed E-state index contributed by atoms with van der Waals surface area (Å²) >= 11 is 0. The zero-order valence-corrected chi connectivity index (χ0v) is 15.1. The SMILES string of the molecule is C=C/C(C#N)=C\C=C(/C)c1c(C)[nH]n(-c2ccc([S@](C)=O)cn2)c1=O. The van der Waals surface area contributed by atoms with Crippen LogP contribution in [0.2, 0.25) is 0 Å². The fourth-order valence-electron chi connectivity index (χ4n) is 2.30. The molecule has 25 heavy (non-hydrogen) atoms. The van der Waals surface area contributed by atoms with Gasteiger partial charge in [-0.05, 0) is 37.6 Å². The van der Waals surface area contributed by atoms with Gasteiger partial charge in [-0.2, -0.15) is 5.26 Å². The van der Waals surface area contributed by atoms with Crippen molar-refractivity contribution in [1.82, 2.24) is 14.8 Å². The summed E-state index contributed by atoms with van der Waals surface area (Å²) in [5.74, 6) is 0.417. The van der Waals surface area contributed by atoms with Gasteiger partial charge in [-0.15, -0.1) is 0 Å². The molecule has 1 atom stereocenters. The molecule has 1 N–H and O–H groups in total. The van der Waals surface area contributed by atoms with E-state index in [9.17, 15) is 9.00 Å². The first kappa shape index (κ1) is 18.4. The lowest BCUT2D eigenvalue weighted by Gasteiger charge is -2.01. The van der Waals surface area contributed by atoms with Gasteiger partial charge >= 0.3 is 0 Å². The highest BCUT2D eigenvalue weighted by molar-refractivity contribution is 7.84. The molecule has 0 aliphatic heterocycles. The van der Waals surface area contributed by atoms with Crippen LogP contribution in [0.1, 0.15) is 18.2 Å². The summed E-state index contributed by atoms with van der Waals surface area (Å²) < 4.78 is 12.8. The number of nitrogens with one attached hydrogen (secondary N) is 1. The summed E-state index contributed by atoms with van der Waals surface area (Å²) in [6, 6.07) is 5.32. The minimum atomic E-state index is -1.12. The molecule has 7 heteroatoms. The van der Waals surface area contributed by atoms with Crippen LogP contribution in [0, 0.1) is 18.3 Å². The molecule has 0 unspecified atom stereocenters. The van der Waals surface area contributed by atoms with Crippen LogP contribution in [-0.2, 0) is 10.8 Å². The molecule has 0 fully saturated rings. The lowest BCUT2D eigenvalue weighted by atomic mass is 10.1. The maximum atomic E-state index is 12.7. The van der Waals surface area contributed by atoms with Gasteiger partial charge in [0.1, 0.15) is 0 Å². The van der Waals surface area contributed by atoms with Gasteiger partial charge in [0.25, 0.3) is 5.56 Å². The number of aryl methyl sites for hydroxylation is 1. The molecular weight excluding hydrogens is 336 g/mol. The van der Waals surface area contributed by atoms with E-state index < -0.39 is 10.8 Å². The van der Waals surface area contributed by atoms with Crippen LogP contribution >= 0.6 is 0 Å². The van der Waals surface area contributed by atoms with E-state index in [1.807, 2.05) is 6.07 Å². The van der Waals surface area contributed by atoms with E-state index >= 15 is 0 Å². The second-order valence-corrected chi connectivity index (χ2v) is 6.73. The summed E-state index contributed by atoms with van der Waals surface area (Å²) in [7, 11) is -1.12. The Kier molecular flexibility index (Phi) is 5.67. The number of allylic oxidation sites excluding steroid dienone is 5. The Hall–Kier alpha value is -2.98. The Morgan fingerprint density at radius 3 is 2.68 bits per heavy atom. The van der Waals surface area contributed by atoms with Gasteiger partial charge < -0.3 is 0 Å². The first-order valence-corrected chi connectivity index (χ1v) is 8.97. The molecule has 2 heterocycles. The van der Waals surface area contributed by atoms with Gasteiger partial charge in [0.15, 0.2) is 5.82 Å². The number of rotatable bonds is 5. The zero-order chi connectivity index (χ0) is 18.6. The van der Waals surface area contributed by atoms with Crippen molar-refractivity contribution in [3.05, 3.63) is 70.3 Å². The second kappa shape index (κ2) is 7.73. The highest BCUT2D eigenvalue weighted by atomic mass is 32.2. The van der Waals surface area contributed by atoms with E-state index in [-0.39, 0.29) is 5.56 Å². The number of pyridine rings is 1. The smallest absolute Gasteiger partial charge is 0.280 e. The van der Waals surface area contributed by atoms with Crippen LogP contribution in [0.15, 0.2) is 58.4 Å². The van der Waals surface area contributed by atoms with Crippen molar-refractivity contribution in [2.75, 3.05) is 6.26 Å². The fourth-order valence-corrected chi connectivity index (χ4v) is 2.76. The molecule has 128 valence electrons. The fraction of sp³-hybridized carbons (Fsp3) is 0.167. The molecule has 2 aromatic heterocycles. The van der Waals surface area contributed by atoms with Gasteiger partial charge in [0.2, 0.25) is 0 Å². The largest absolute Gasteiger partial charge is 0.293 e. The minimum absolute atomic E-state index is 0.241. The van der Waals surface area contributed by atoms with Gasteiger partial charge in [0.05, 0.1) is 32.9 Å². The Labute approximate surface area is 148 Å². The van der Waals surface area contributed by atoms with Crippen LogP contribution in [0.4, 0.5) is 0 Å². The second-order valence-electron chi connectivity index (χ2n) is 5.35. The number of aromatic nitrogens is 3. The Balaban J connectivity index is 2.48. The molecule has 6 nitrogen and oxygen atoms in total. The van der Waals surface area contributed by atoms with Crippen molar-refractivity contribution in [1.29, 1.82) is 5.26 Å². The van der Waals surface area contributed by atoms with Crippen molar-refractivity contribution >= 4 is 16.4 Å². The minimum Gasteiger partial charge on any atom is -0.293 e. The molecular formula is C18H18N4O2S. The maximum Gasteiger partial charge on any atom is 0.280 e. The van der Waals surface area contributed by atoms with Crippen molar-refractivity contribution < 1.29 is 4.21 Å². The van der Waals surface area contributed by atoms with Crippen LogP contribution in [0.3, 0.4) is 0 Å². The average molecular weight is 354 g/mol. The van der Waals surface area contributed by atoms with Crippen molar-refractivity contribution in [3.8, 4) is 11.9 Å². The molecule has 0 aromatic carbocycles. The molecule has 0 saturated heterocycles. The van der Waals surface area contributed by atoms with E-state index in [1.54, 1.807) is 44.4 Å². The lowest BCUT2D eigenvalue weighted by Crippen LogP contribution is -2.18. The third kappa shape index (κ3) is 3.92. The quantitative estimate of drug-likeness (QED) is 0.660. The first-order valence-electron chi connectivity index (χ1n) is 7.42. The molecule has 0 aliphatic carbocycles. The third-order valence-corrected chi connectivity index (χ3v) is 4.51. The molecule has 0 bridgehead atoms. The van der Waals surface area contributed by atoms with E-state index in [0.29, 0.717) is 27.5 Å². The molecule has 0 aliphatic rings. The van der Waals surface area contributed by atoms with Crippen molar-refractivity contribution in [2.24, 2.45) is 0 Å². The lowest BCUT2D eigenvalue weighted by molar-refractivity contribution is 0.686. The highest BCUT2D eigenvalue weighted by Crippen LogP contribution is 2.15. The zero-order valence-electron chi connectivity index (χ0n) is 14.2. The Bertz CT molecular complexity index is 986. The van der Waals surface area contributed by atoms with Crippen LogP contribution in [-0.4, -0.2) is 25.2 Å². The standard InChI is InChI=1S/C18H18N4O2S/c1-5-14(10-19)7-6-12(2)17-13(3)21-22(18(17)23)16-9-8-15(11-20-16)25(4)24/h5-9,11,21H,1H2,2-4H3/b12-6+,14-7+/t25-/m0/s1. The number of nitriles is 1. The number of aromatic amines is 1. The summed E-state index contributed by atoms with van der Waals surface area (Å²) in [6.07, 6.45) is 7.83.